The highest BCUT2D eigenvalue weighted by atomic mass is 16.5. The number of methoxy groups -OCH3 is 1. The number of amides is 3. The van der Waals surface area contributed by atoms with Crippen molar-refractivity contribution in [1.29, 1.82) is 0 Å². The standard InChI is InChI=1S/C18H25N3O5/c1-13(8-16(23)19-11-17(24)26-2)10-20-18(25)15(21-12-22)9-14-6-4-3-5-7-14/h3-7,12-13,15H,8-11H2,1-2H3,(H,19,23)(H,20,25)(H,21,22). The van der Waals surface area contributed by atoms with Gasteiger partial charge < -0.3 is 20.7 Å². The van der Waals surface area contributed by atoms with E-state index >= 15 is 0 Å². The summed E-state index contributed by atoms with van der Waals surface area (Å²) >= 11 is 0. The number of carbonyl (C=O) groups is 4. The van der Waals surface area contributed by atoms with Crippen molar-refractivity contribution in [3.8, 4) is 0 Å². The van der Waals surface area contributed by atoms with Crippen LogP contribution in [-0.4, -0.2) is 50.4 Å². The summed E-state index contributed by atoms with van der Waals surface area (Å²) in [6.07, 6.45) is 1.03. The third-order valence-corrected chi connectivity index (χ3v) is 3.68. The highest BCUT2D eigenvalue weighted by molar-refractivity contribution is 5.84. The predicted molar refractivity (Wildman–Crippen MR) is 95.0 cm³/mol. The molecule has 1 aromatic carbocycles. The lowest BCUT2D eigenvalue weighted by molar-refractivity contribution is -0.141. The molecular formula is C18H25N3O5. The molecule has 0 bridgehead atoms. The Hall–Kier alpha value is -2.90. The van der Waals surface area contributed by atoms with Crippen molar-refractivity contribution in [3.63, 3.8) is 0 Å². The summed E-state index contributed by atoms with van der Waals surface area (Å²) in [5.74, 6) is -1.28. The van der Waals surface area contributed by atoms with Crippen LogP contribution in [0, 0.1) is 5.92 Å². The molecule has 0 saturated heterocycles. The van der Waals surface area contributed by atoms with Gasteiger partial charge in [-0.1, -0.05) is 37.3 Å². The van der Waals surface area contributed by atoms with Gasteiger partial charge >= 0.3 is 5.97 Å². The largest absolute Gasteiger partial charge is 0.468 e. The smallest absolute Gasteiger partial charge is 0.325 e. The van der Waals surface area contributed by atoms with Gasteiger partial charge in [0.05, 0.1) is 7.11 Å². The molecule has 26 heavy (non-hydrogen) atoms. The number of benzene rings is 1. The van der Waals surface area contributed by atoms with Crippen molar-refractivity contribution in [1.82, 2.24) is 16.0 Å². The Morgan fingerprint density at radius 2 is 1.85 bits per heavy atom. The molecule has 1 aromatic rings. The lowest BCUT2D eigenvalue weighted by Gasteiger charge is -2.18. The summed E-state index contributed by atoms with van der Waals surface area (Å²) in [7, 11) is 1.24. The van der Waals surface area contributed by atoms with Crippen LogP contribution in [0.2, 0.25) is 0 Å². The van der Waals surface area contributed by atoms with Gasteiger partial charge in [0, 0.05) is 19.4 Å². The first-order valence-electron chi connectivity index (χ1n) is 8.31. The van der Waals surface area contributed by atoms with Crippen LogP contribution in [0.15, 0.2) is 30.3 Å². The first-order chi connectivity index (χ1) is 12.5. The molecule has 0 fully saturated rings. The lowest BCUT2D eigenvalue weighted by atomic mass is 10.0. The molecule has 8 nitrogen and oxygen atoms in total. The third-order valence-electron chi connectivity index (χ3n) is 3.68. The number of nitrogens with one attached hydrogen (secondary N) is 3. The highest BCUT2D eigenvalue weighted by Gasteiger charge is 2.19. The zero-order valence-corrected chi connectivity index (χ0v) is 15.0. The fraction of sp³-hybridized carbons (Fsp3) is 0.444. The van der Waals surface area contributed by atoms with E-state index in [4.69, 9.17) is 0 Å². The lowest BCUT2D eigenvalue weighted by Crippen LogP contribution is -2.46. The van der Waals surface area contributed by atoms with Crippen LogP contribution in [0.1, 0.15) is 18.9 Å². The topological polar surface area (TPSA) is 114 Å². The molecule has 0 aliphatic carbocycles. The van der Waals surface area contributed by atoms with Crippen molar-refractivity contribution in [3.05, 3.63) is 35.9 Å². The maximum absolute atomic E-state index is 12.3. The third kappa shape index (κ3) is 8.27. The minimum absolute atomic E-state index is 0.134. The van der Waals surface area contributed by atoms with Gasteiger partial charge in [0.25, 0.3) is 0 Å². The second-order valence-corrected chi connectivity index (χ2v) is 5.93. The SMILES string of the molecule is COC(=O)CNC(=O)CC(C)CNC(=O)C(Cc1ccccc1)NC=O. The van der Waals surface area contributed by atoms with Crippen molar-refractivity contribution in [2.75, 3.05) is 20.2 Å². The van der Waals surface area contributed by atoms with Gasteiger partial charge in [-0.25, -0.2) is 0 Å². The molecule has 8 heteroatoms. The van der Waals surface area contributed by atoms with Crippen molar-refractivity contribution >= 4 is 24.2 Å². The molecule has 0 heterocycles. The van der Waals surface area contributed by atoms with Crippen molar-refractivity contribution in [2.24, 2.45) is 5.92 Å². The fourth-order valence-corrected chi connectivity index (χ4v) is 2.26. The van der Waals surface area contributed by atoms with Gasteiger partial charge in [-0.2, -0.15) is 0 Å². The molecule has 0 aliphatic heterocycles. The molecule has 2 atom stereocenters. The molecule has 142 valence electrons. The Kier molecular flexibility index (Phi) is 9.45. The average molecular weight is 363 g/mol. The number of rotatable bonds is 11. The van der Waals surface area contributed by atoms with Crippen LogP contribution in [0.4, 0.5) is 0 Å². The van der Waals surface area contributed by atoms with E-state index in [2.05, 4.69) is 20.7 Å². The molecular weight excluding hydrogens is 338 g/mol. The quantitative estimate of drug-likeness (QED) is 0.371. The van der Waals surface area contributed by atoms with E-state index in [1.807, 2.05) is 30.3 Å². The maximum Gasteiger partial charge on any atom is 0.325 e. The first kappa shape index (κ1) is 21.1. The number of ether oxygens (including phenoxy) is 1. The summed E-state index contributed by atoms with van der Waals surface area (Å²) in [6.45, 7) is 1.89. The van der Waals surface area contributed by atoms with Crippen LogP contribution in [-0.2, 0) is 30.3 Å². The first-order valence-corrected chi connectivity index (χ1v) is 8.31. The van der Waals surface area contributed by atoms with E-state index in [9.17, 15) is 19.2 Å². The van der Waals surface area contributed by atoms with Gasteiger partial charge in [0.1, 0.15) is 12.6 Å². The van der Waals surface area contributed by atoms with E-state index in [1.54, 1.807) is 6.92 Å². The summed E-state index contributed by atoms with van der Waals surface area (Å²) in [6, 6.07) is 8.66. The predicted octanol–water partition coefficient (Wildman–Crippen LogP) is -0.225. The number of esters is 1. The summed E-state index contributed by atoms with van der Waals surface area (Å²) < 4.78 is 4.44. The van der Waals surface area contributed by atoms with Gasteiger partial charge in [-0.3, -0.25) is 19.2 Å². The molecule has 1 rings (SSSR count). The van der Waals surface area contributed by atoms with Crippen LogP contribution in [0.3, 0.4) is 0 Å². The van der Waals surface area contributed by atoms with E-state index in [0.29, 0.717) is 12.8 Å². The van der Waals surface area contributed by atoms with Crippen LogP contribution in [0.5, 0.6) is 0 Å². The van der Waals surface area contributed by atoms with E-state index < -0.39 is 12.0 Å². The molecule has 0 saturated carbocycles. The maximum atomic E-state index is 12.3. The van der Waals surface area contributed by atoms with E-state index in [1.165, 1.54) is 7.11 Å². The van der Waals surface area contributed by atoms with Crippen molar-refractivity contribution in [2.45, 2.75) is 25.8 Å². The molecule has 0 aliphatic rings. The molecule has 0 spiro atoms. The summed E-state index contributed by atoms with van der Waals surface area (Å²) in [4.78, 5) is 45.7. The summed E-state index contributed by atoms with van der Waals surface area (Å²) in [5, 5.41) is 7.69. The van der Waals surface area contributed by atoms with E-state index in [-0.39, 0.29) is 37.2 Å². The number of hydrogen-bond donors (Lipinski definition) is 3. The van der Waals surface area contributed by atoms with Crippen LogP contribution >= 0.6 is 0 Å². The van der Waals surface area contributed by atoms with Crippen molar-refractivity contribution < 1.29 is 23.9 Å². The van der Waals surface area contributed by atoms with Crippen LogP contribution in [0.25, 0.3) is 0 Å². The Morgan fingerprint density at radius 3 is 2.46 bits per heavy atom. The van der Waals surface area contributed by atoms with Gasteiger partial charge in [0.15, 0.2) is 0 Å². The molecule has 0 aromatic heterocycles. The molecule has 2 unspecified atom stereocenters. The zero-order valence-electron chi connectivity index (χ0n) is 15.0. The second kappa shape index (κ2) is 11.6. The Balaban J connectivity index is 2.42. The Labute approximate surface area is 152 Å². The van der Waals surface area contributed by atoms with E-state index in [0.717, 1.165) is 5.56 Å². The Bertz CT molecular complexity index is 606. The highest BCUT2D eigenvalue weighted by Crippen LogP contribution is 2.04. The van der Waals surface area contributed by atoms with Gasteiger partial charge in [-0.15, -0.1) is 0 Å². The monoisotopic (exact) mass is 363 g/mol. The summed E-state index contributed by atoms with van der Waals surface area (Å²) in [5.41, 5.74) is 0.928. The Morgan fingerprint density at radius 1 is 1.15 bits per heavy atom. The van der Waals surface area contributed by atoms with Gasteiger partial charge in [0.2, 0.25) is 18.2 Å². The normalized spacial score (nSPS) is 12.4. The molecule has 0 radical (unpaired) electrons. The number of hydrogen-bond acceptors (Lipinski definition) is 5. The molecule has 3 amide bonds. The minimum Gasteiger partial charge on any atom is -0.468 e. The minimum atomic E-state index is -0.685. The number of carbonyl (C=O) groups excluding carboxylic acids is 4. The van der Waals surface area contributed by atoms with Gasteiger partial charge in [-0.05, 0) is 11.5 Å². The second-order valence-electron chi connectivity index (χ2n) is 5.93. The van der Waals surface area contributed by atoms with Crippen LogP contribution < -0.4 is 16.0 Å². The molecule has 3 N–H and O–H groups in total. The zero-order chi connectivity index (χ0) is 19.4. The fourth-order valence-electron chi connectivity index (χ4n) is 2.26. The average Bonchev–Trinajstić information content (AvgIpc) is 2.64.